The molecule has 142 valence electrons. The van der Waals surface area contributed by atoms with Gasteiger partial charge in [-0.3, -0.25) is 0 Å². The fourth-order valence-corrected chi connectivity index (χ4v) is 3.69. The van der Waals surface area contributed by atoms with Gasteiger partial charge >= 0.3 is 0 Å². The van der Waals surface area contributed by atoms with Crippen LogP contribution < -0.4 is 15.5 Å². The summed E-state index contributed by atoms with van der Waals surface area (Å²) >= 11 is 5.47. The normalized spacial score (nSPS) is 13.7. The molecule has 0 spiro atoms. The molecule has 0 saturated heterocycles. The molecule has 0 radical (unpaired) electrons. The van der Waals surface area contributed by atoms with Crippen LogP contribution in [0, 0.1) is 6.92 Å². The SMILES string of the molecule is Cc1cc(N2Cc3ccccc3C2)nc(NC(=S)N[C@@H](C)c2ccccc2)n1. The lowest BCUT2D eigenvalue weighted by Gasteiger charge is -2.19. The van der Waals surface area contributed by atoms with Gasteiger partial charge in [-0.15, -0.1) is 0 Å². The number of benzene rings is 2. The quantitative estimate of drug-likeness (QED) is 0.647. The smallest absolute Gasteiger partial charge is 0.231 e. The zero-order valence-electron chi connectivity index (χ0n) is 16.0. The Balaban J connectivity index is 1.45. The minimum absolute atomic E-state index is 0.0959. The Labute approximate surface area is 170 Å². The lowest BCUT2D eigenvalue weighted by molar-refractivity contribution is 0.722. The van der Waals surface area contributed by atoms with Gasteiger partial charge in [0.25, 0.3) is 0 Å². The van der Waals surface area contributed by atoms with Gasteiger partial charge in [-0.25, -0.2) is 4.98 Å². The first-order valence-electron chi connectivity index (χ1n) is 9.38. The van der Waals surface area contributed by atoms with Crippen LogP contribution >= 0.6 is 12.2 Å². The van der Waals surface area contributed by atoms with E-state index in [2.05, 4.69) is 63.8 Å². The topological polar surface area (TPSA) is 53.1 Å². The number of fused-ring (bicyclic) bond motifs is 1. The van der Waals surface area contributed by atoms with Crippen molar-refractivity contribution in [2.24, 2.45) is 0 Å². The highest BCUT2D eigenvalue weighted by Gasteiger charge is 2.20. The lowest BCUT2D eigenvalue weighted by atomic mass is 10.1. The Kier molecular flexibility index (Phi) is 5.21. The Morgan fingerprint density at radius 1 is 1.00 bits per heavy atom. The summed E-state index contributed by atoms with van der Waals surface area (Å²) in [5.41, 5.74) is 4.78. The predicted molar refractivity (Wildman–Crippen MR) is 117 cm³/mol. The Bertz CT molecular complexity index is 964. The van der Waals surface area contributed by atoms with E-state index >= 15 is 0 Å². The molecule has 1 aromatic heterocycles. The van der Waals surface area contributed by atoms with Crippen molar-refractivity contribution in [3.05, 3.63) is 83.0 Å². The number of rotatable bonds is 4. The molecular formula is C22H23N5S. The summed E-state index contributed by atoms with van der Waals surface area (Å²) in [6.07, 6.45) is 0. The first-order chi connectivity index (χ1) is 13.6. The summed E-state index contributed by atoms with van der Waals surface area (Å²) in [6, 6.07) is 20.8. The van der Waals surface area contributed by atoms with E-state index in [1.54, 1.807) is 0 Å². The fraction of sp³-hybridized carbons (Fsp3) is 0.227. The molecule has 1 atom stereocenters. The molecule has 2 aromatic carbocycles. The summed E-state index contributed by atoms with van der Waals surface area (Å²) in [5, 5.41) is 6.95. The lowest BCUT2D eigenvalue weighted by Crippen LogP contribution is -2.31. The number of aryl methyl sites for hydroxylation is 1. The van der Waals surface area contributed by atoms with Crippen LogP contribution in [-0.2, 0) is 13.1 Å². The van der Waals surface area contributed by atoms with Crippen molar-refractivity contribution in [1.82, 2.24) is 15.3 Å². The third-order valence-corrected chi connectivity index (χ3v) is 5.10. The van der Waals surface area contributed by atoms with Crippen LogP contribution in [0.2, 0.25) is 0 Å². The second-order valence-corrected chi connectivity index (χ2v) is 7.45. The molecule has 6 heteroatoms. The van der Waals surface area contributed by atoms with Crippen molar-refractivity contribution in [1.29, 1.82) is 0 Å². The van der Waals surface area contributed by atoms with Crippen LogP contribution in [0.4, 0.5) is 11.8 Å². The standard InChI is InChI=1S/C22H23N5S/c1-15-12-20(27-13-18-10-6-7-11-19(18)14-27)25-21(23-15)26-22(28)24-16(2)17-8-4-3-5-9-17/h3-12,16H,13-14H2,1-2H3,(H2,23,24,25,26,28)/t16-/m0/s1. The second kappa shape index (κ2) is 7.94. The molecule has 0 aliphatic carbocycles. The highest BCUT2D eigenvalue weighted by Crippen LogP contribution is 2.27. The first-order valence-corrected chi connectivity index (χ1v) is 9.79. The van der Waals surface area contributed by atoms with Crippen LogP contribution in [0.3, 0.4) is 0 Å². The number of thiocarbonyl (C=S) groups is 1. The molecule has 2 N–H and O–H groups in total. The summed E-state index contributed by atoms with van der Waals surface area (Å²) in [6.45, 7) is 5.77. The third-order valence-electron chi connectivity index (χ3n) is 4.88. The van der Waals surface area contributed by atoms with Gasteiger partial charge in [0.05, 0.1) is 6.04 Å². The van der Waals surface area contributed by atoms with Crippen LogP contribution in [-0.4, -0.2) is 15.1 Å². The van der Waals surface area contributed by atoms with Gasteiger partial charge < -0.3 is 15.5 Å². The van der Waals surface area contributed by atoms with Gasteiger partial charge in [0.15, 0.2) is 5.11 Å². The molecule has 4 rings (SSSR count). The predicted octanol–water partition coefficient (Wildman–Crippen LogP) is 4.35. The highest BCUT2D eigenvalue weighted by atomic mass is 32.1. The van der Waals surface area contributed by atoms with Crippen LogP contribution in [0.25, 0.3) is 0 Å². The number of aromatic nitrogens is 2. The monoisotopic (exact) mass is 389 g/mol. The van der Waals surface area contributed by atoms with E-state index < -0.39 is 0 Å². The summed E-state index contributed by atoms with van der Waals surface area (Å²) in [7, 11) is 0. The van der Waals surface area contributed by atoms with Gasteiger partial charge in [0.2, 0.25) is 5.95 Å². The van der Waals surface area contributed by atoms with E-state index in [1.807, 2.05) is 31.2 Å². The molecule has 28 heavy (non-hydrogen) atoms. The molecule has 5 nitrogen and oxygen atoms in total. The van der Waals surface area contributed by atoms with E-state index in [1.165, 1.54) is 16.7 Å². The van der Waals surface area contributed by atoms with Gasteiger partial charge in [-0.05, 0) is 42.8 Å². The summed E-state index contributed by atoms with van der Waals surface area (Å²) in [4.78, 5) is 11.5. The zero-order valence-corrected chi connectivity index (χ0v) is 16.8. The Hall–Kier alpha value is -2.99. The summed E-state index contributed by atoms with van der Waals surface area (Å²) < 4.78 is 0. The maximum Gasteiger partial charge on any atom is 0.231 e. The number of hydrogen-bond acceptors (Lipinski definition) is 4. The Morgan fingerprint density at radius 3 is 2.32 bits per heavy atom. The van der Waals surface area contributed by atoms with Crippen molar-refractivity contribution in [3.8, 4) is 0 Å². The number of nitrogens with one attached hydrogen (secondary N) is 2. The maximum absolute atomic E-state index is 5.47. The van der Waals surface area contributed by atoms with Crippen LogP contribution in [0.1, 0.15) is 35.3 Å². The van der Waals surface area contributed by atoms with Crippen molar-refractivity contribution in [3.63, 3.8) is 0 Å². The Morgan fingerprint density at radius 2 is 1.64 bits per heavy atom. The van der Waals surface area contributed by atoms with E-state index in [-0.39, 0.29) is 6.04 Å². The molecule has 1 aliphatic heterocycles. The maximum atomic E-state index is 5.47. The van der Waals surface area contributed by atoms with E-state index in [0.717, 1.165) is 24.6 Å². The van der Waals surface area contributed by atoms with Crippen LogP contribution in [0.15, 0.2) is 60.7 Å². The van der Waals surface area contributed by atoms with Crippen molar-refractivity contribution in [2.75, 3.05) is 10.2 Å². The third kappa shape index (κ3) is 4.12. The summed E-state index contributed by atoms with van der Waals surface area (Å²) in [5.74, 6) is 1.42. The van der Waals surface area contributed by atoms with Crippen molar-refractivity contribution < 1.29 is 0 Å². The van der Waals surface area contributed by atoms with Crippen LogP contribution in [0.5, 0.6) is 0 Å². The van der Waals surface area contributed by atoms with Gasteiger partial charge in [0.1, 0.15) is 5.82 Å². The van der Waals surface area contributed by atoms with Crippen molar-refractivity contribution >= 4 is 29.1 Å². The highest BCUT2D eigenvalue weighted by molar-refractivity contribution is 7.80. The van der Waals surface area contributed by atoms with E-state index in [0.29, 0.717) is 11.1 Å². The number of anilines is 2. The molecule has 0 bridgehead atoms. The fourth-order valence-electron chi connectivity index (χ4n) is 3.42. The van der Waals surface area contributed by atoms with Crippen molar-refractivity contribution in [2.45, 2.75) is 33.0 Å². The molecule has 0 fully saturated rings. The van der Waals surface area contributed by atoms with E-state index in [4.69, 9.17) is 17.2 Å². The first kappa shape index (κ1) is 18.4. The molecule has 0 amide bonds. The average Bonchev–Trinajstić information content (AvgIpc) is 3.12. The van der Waals surface area contributed by atoms with Gasteiger partial charge in [0, 0.05) is 24.8 Å². The molecule has 0 saturated carbocycles. The number of nitrogens with zero attached hydrogens (tertiary/aromatic N) is 3. The average molecular weight is 390 g/mol. The van der Waals surface area contributed by atoms with Gasteiger partial charge in [-0.1, -0.05) is 54.6 Å². The van der Waals surface area contributed by atoms with E-state index in [9.17, 15) is 0 Å². The second-order valence-electron chi connectivity index (χ2n) is 7.05. The minimum Gasteiger partial charge on any atom is -0.356 e. The zero-order chi connectivity index (χ0) is 19.5. The molecule has 1 aliphatic rings. The minimum atomic E-state index is 0.0959. The molecule has 3 aromatic rings. The largest absolute Gasteiger partial charge is 0.356 e. The van der Waals surface area contributed by atoms with Gasteiger partial charge in [-0.2, -0.15) is 4.98 Å². The number of hydrogen-bond donors (Lipinski definition) is 2. The molecule has 2 heterocycles. The molecular weight excluding hydrogens is 366 g/mol. The molecule has 0 unspecified atom stereocenters.